The molecule has 3 heterocycles. The summed E-state index contributed by atoms with van der Waals surface area (Å²) in [4.78, 5) is 31.3. The summed E-state index contributed by atoms with van der Waals surface area (Å²) in [5.41, 5.74) is 1.34. The lowest BCUT2D eigenvalue weighted by atomic mass is 9.98. The molecule has 0 unspecified atom stereocenters. The van der Waals surface area contributed by atoms with Crippen LogP contribution >= 0.6 is 0 Å². The third kappa shape index (κ3) is 4.03. The highest BCUT2D eigenvalue weighted by Gasteiger charge is 2.42. The van der Waals surface area contributed by atoms with Crippen LogP contribution in [0.15, 0.2) is 51.7 Å². The molecule has 8 nitrogen and oxygen atoms in total. The van der Waals surface area contributed by atoms with E-state index in [0.29, 0.717) is 34.6 Å². The molecule has 1 fully saturated rings. The number of fused-ring (bicyclic) bond motifs is 2. The van der Waals surface area contributed by atoms with Crippen LogP contribution in [0.2, 0.25) is 0 Å². The Balaban J connectivity index is 1.55. The van der Waals surface area contributed by atoms with Gasteiger partial charge in [0.05, 0.1) is 44.4 Å². The first-order chi connectivity index (χ1) is 16.6. The fourth-order valence-corrected chi connectivity index (χ4v) is 4.80. The van der Waals surface area contributed by atoms with E-state index in [-0.39, 0.29) is 17.1 Å². The van der Waals surface area contributed by atoms with Gasteiger partial charge in [0, 0.05) is 32.2 Å². The smallest absolute Gasteiger partial charge is 0.290 e. The molecule has 0 N–H and O–H groups in total. The molecule has 1 amide bonds. The van der Waals surface area contributed by atoms with Gasteiger partial charge in [-0.3, -0.25) is 14.5 Å². The van der Waals surface area contributed by atoms with E-state index in [0.717, 1.165) is 44.8 Å². The summed E-state index contributed by atoms with van der Waals surface area (Å²) < 4.78 is 22.2. The molecule has 0 spiro atoms. The lowest BCUT2D eigenvalue weighted by Gasteiger charge is -2.29. The van der Waals surface area contributed by atoms with Crippen LogP contribution in [0.3, 0.4) is 0 Å². The van der Waals surface area contributed by atoms with Crippen LogP contribution in [0.5, 0.6) is 11.5 Å². The van der Waals surface area contributed by atoms with Crippen LogP contribution in [0.1, 0.15) is 34.1 Å². The minimum atomic E-state index is -0.537. The van der Waals surface area contributed by atoms with Gasteiger partial charge in [0.25, 0.3) is 5.91 Å². The number of methoxy groups -OCH3 is 2. The van der Waals surface area contributed by atoms with Crippen molar-refractivity contribution in [1.82, 2.24) is 9.80 Å². The van der Waals surface area contributed by atoms with E-state index in [9.17, 15) is 9.59 Å². The molecule has 1 saturated heterocycles. The van der Waals surface area contributed by atoms with Gasteiger partial charge >= 0.3 is 0 Å². The zero-order chi connectivity index (χ0) is 23.7. The summed E-state index contributed by atoms with van der Waals surface area (Å²) in [6.07, 6.45) is 0.779. The first-order valence-corrected chi connectivity index (χ1v) is 11.5. The minimum absolute atomic E-state index is 0.102. The molecule has 5 rings (SSSR count). The third-order valence-electron chi connectivity index (χ3n) is 6.56. The maximum absolute atomic E-state index is 13.6. The second kappa shape index (κ2) is 9.48. The van der Waals surface area contributed by atoms with Crippen LogP contribution in [0.25, 0.3) is 11.0 Å². The Bertz CT molecular complexity index is 1260. The SMILES string of the molecule is COc1cccc([C@H]2c3c(oc4cc(OC)ccc4c3=O)C(=O)N2CCCN2CCOCC2)c1. The number of nitrogens with zero attached hydrogens (tertiary/aromatic N) is 2. The molecule has 2 aliphatic heterocycles. The highest BCUT2D eigenvalue weighted by atomic mass is 16.5. The molecule has 0 radical (unpaired) electrons. The van der Waals surface area contributed by atoms with Crippen LogP contribution in [-0.2, 0) is 4.74 Å². The van der Waals surface area contributed by atoms with Crippen molar-refractivity contribution in [2.45, 2.75) is 12.5 Å². The van der Waals surface area contributed by atoms with Gasteiger partial charge in [-0.2, -0.15) is 0 Å². The predicted molar refractivity (Wildman–Crippen MR) is 127 cm³/mol. The van der Waals surface area contributed by atoms with Crippen LogP contribution in [0.4, 0.5) is 0 Å². The van der Waals surface area contributed by atoms with E-state index in [2.05, 4.69) is 4.90 Å². The molecule has 1 atom stereocenters. The van der Waals surface area contributed by atoms with Crippen molar-refractivity contribution in [3.63, 3.8) is 0 Å². The largest absolute Gasteiger partial charge is 0.497 e. The van der Waals surface area contributed by atoms with Gasteiger partial charge in [0.15, 0.2) is 5.43 Å². The number of ether oxygens (including phenoxy) is 3. The Kier molecular flexibility index (Phi) is 6.26. The van der Waals surface area contributed by atoms with Gasteiger partial charge < -0.3 is 23.5 Å². The summed E-state index contributed by atoms with van der Waals surface area (Å²) in [6, 6.07) is 12.0. The number of hydrogen-bond donors (Lipinski definition) is 0. The monoisotopic (exact) mass is 464 g/mol. The Hall–Kier alpha value is -3.36. The van der Waals surface area contributed by atoms with Crippen molar-refractivity contribution in [3.8, 4) is 11.5 Å². The van der Waals surface area contributed by atoms with E-state index in [1.165, 1.54) is 0 Å². The van der Waals surface area contributed by atoms with Crippen LogP contribution in [-0.4, -0.2) is 69.3 Å². The second-order valence-corrected chi connectivity index (χ2v) is 8.52. The Morgan fingerprint density at radius 1 is 0.971 bits per heavy atom. The second-order valence-electron chi connectivity index (χ2n) is 8.52. The molecule has 0 aliphatic carbocycles. The number of carbonyl (C=O) groups excluding carboxylic acids is 1. The molecule has 8 heteroatoms. The molecule has 0 bridgehead atoms. The average molecular weight is 465 g/mol. The molecule has 1 aromatic heterocycles. The molecule has 2 aliphatic rings. The molecule has 178 valence electrons. The zero-order valence-corrected chi connectivity index (χ0v) is 19.4. The van der Waals surface area contributed by atoms with Crippen LogP contribution < -0.4 is 14.9 Å². The van der Waals surface area contributed by atoms with Gasteiger partial charge in [-0.15, -0.1) is 0 Å². The van der Waals surface area contributed by atoms with Crippen molar-refractivity contribution in [3.05, 3.63) is 69.6 Å². The summed E-state index contributed by atoms with van der Waals surface area (Å²) in [6.45, 7) is 4.60. The minimum Gasteiger partial charge on any atom is -0.497 e. The van der Waals surface area contributed by atoms with Crippen molar-refractivity contribution in [1.29, 1.82) is 0 Å². The highest BCUT2D eigenvalue weighted by Crippen LogP contribution is 2.39. The lowest BCUT2D eigenvalue weighted by molar-refractivity contribution is 0.0353. The number of morpholine rings is 1. The van der Waals surface area contributed by atoms with Gasteiger partial charge in [0.2, 0.25) is 5.76 Å². The van der Waals surface area contributed by atoms with Crippen molar-refractivity contribution < 1.29 is 23.4 Å². The normalized spacial score (nSPS) is 18.4. The maximum Gasteiger partial charge on any atom is 0.290 e. The molecule has 34 heavy (non-hydrogen) atoms. The van der Waals surface area contributed by atoms with Gasteiger partial charge in [-0.1, -0.05) is 12.1 Å². The molecule has 0 saturated carbocycles. The summed E-state index contributed by atoms with van der Waals surface area (Å²) >= 11 is 0. The van der Waals surface area contributed by atoms with Gasteiger partial charge in [0.1, 0.15) is 17.1 Å². The Morgan fingerprint density at radius 2 is 1.74 bits per heavy atom. The fourth-order valence-electron chi connectivity index (χ4n) is 4.80. The van der Waals surface area contributed by atoms with E-state index in [1.807, 2.05) is 24.3 Å². The average Bonchev–Trinajstić information content (AvgIpc) is 3.16. The molecule has 2 aromatic carbocycles. The number of amides is 1. The molecular formula is C26H28N2O6. The highest BCUT2D eigenvalue weighted by molar-refractivity contribution is 5.99. The predicted octanol–water partition coefficient (Wildman–Crippen LogP) is 3.08. The first kappa shape index (κ1) is 22.4. The van der Waals surface area contributed by atoms with Crippen molar-refractivity contribution >= 4 is 16.9 Å². The topological polar surface area (TPSA) is 81.5 Å². The van der Waals surface area contributed by atoms with E-state index >= 15 is 0 Å². The quantitative estimate of drug-likeness (QED) is 0.532. The molecular weight excluding hydrogens is 436 g/mol. The molecule has 3 aromatic rings. The number of carbonyl (C=O) groups is 1. The Labute approximate surface area is 197 Å². The third-order valence-corrected chi connectivity index (χ3v) is 6.56. The van der Waals surface area contributed by atoms with Gasteiger partial charge in [-0.05, 0) is 36.2 Å². The zero-order valence-electron chi connectivity index (χ0n) is 19.4. The number of benzene rings is 2. The van der Waals surface area contributed by atoms with Gasteiger partial charge in [-0.25, -0.2) is 0 Å². The van der Waals surface area contributed by atoms with E-state index in [1.54, 1.807) is 37.3 Å². The Morgan fingerprint density at radius 3 is 2.50 bits per heavy atom. The van der Waals surface area contributed by atoms with Crippen molar-refractivity contribution in [2.75, 3.05) is 53.6 Å². The van der Waals surface area contributed by atoms with E-state index < -0.39 is 6.04 Å². The standard InChI is InChI=1S/C26H28N2O6/c1-31-18-6-3-5-17(15-18)23-22-24(29)20-8-7-19(32-2)16-21(20)34-25(22)26(30)28(23)10-4-9-27-11-13-33-14-12-27/h3,5-8,15-16,23H,4,9-14H2,1-2H3/t23-/m0/s1. The van der Waals surface area contributed by atoms with E-state index in [4.69, 9.17) is 18.6 Å². The number of rotatable bonds is 7. The summed E-state index contributed by atoms with van der Waals surface area (Å²) in [5.74, 6) is 1.06. The summed E-state index contributed by atoms with van der Waals surface area (Å²) in [7, 11) is 3.15. The fraction of sp³-hybridized carbons (Fsp3) is 0.385. The van der Waals surface area contributed by atoms with Crippen LogP contribution in [0, 0.1) is 0 Å². The number of hydrogen-bond acceptors (Lipinski definition) is 7. The lowest BCUT2D eigenvalue weighted by Crippen LogP contribution is -2.38. The maximum atomic E-state index is 13.6. The first-order valence-electron chi connectivity index (χ1n) is 11.5. The van der Waals surface area contributed by atoms with Crippen molar-refractivity contribution in [2.24, 2.45) is 0 Å². The summed E-state index contributed by atoms with van der Waals surface area (Å²) in [5, 5.41) is 0.426.